The maximum absolute atomic E-state index is 13.5. The smallest absolute Gasteiger partial charge is 0.266 e. The Hall–Kier alpha value is -3.00. The molecule has 0 amide bonds. The van der Waals surface area contributed by atoms with Crippen molar-refractivity contribution in [2.24, 2.45) is 0 Å². The molecule has 0 aliphatic carbocycles. The fraction of sp³-hybridized carbons (Fsp3) is 0.318. The minimum absolute atomic E-state index is 0.0638. The summed E-state index contributed by atoms with van der Waals surface area (Å²) in [6.45, 7) is 6.96. The highest BCUT2D eigenvalue weighted by molar-refractivity contribution is 7.98. The van der Waals surface area contributed by atoms with Gasteiger partial charge in [-0.25, -0.2) is 9.67 Å². The zero-order valence-corrected chi connectivity index (χ0v) is 18.2. The zero-order valence-electron chi connectivity index (χ0n) is 17.4. The lowest BCUT2D eigenvalue weighted by Crippen LogP contribution is -2.23. The van der Waals surface area contributed by atoms with Gasteiger partial charge in [-0.2, -0.15) is 0 Å². The van der Waals surface area contributed by atoms with E-state index < -0.39 is 0 Å². The first-order valence-electron chi connectivity index (χ1n) is 10.1. The lowest BCUT2D eigenvalue weighted by atomic mass is 10.1. The molecule has 0 N–H and O–H groups in total. The molecule has 2 aromatic heterocycles. The maximum Gasteiger partial charge on any atom is 0.266 e. The van der Waals surface area contributed by atoms with E-state index in [-0.39, 0.29) is 5.56 Å². The van der Waals surface area contributed by atoms with Gasteiger partial charge in [0.15, 0.2) is 11.0 Å². The number of unbranched alkanes of at least 4 members (excludes halogenated alkanes) is 1. The highest BCUT2D eigenvalue weighted by Crippen LogP contribution is 2.27. The Bertz CT molecular complexity index is 1230. The summed E-state index contributed by atoms with van der Waals surface area (Å²) in [4.78, 5) is 18.3. The van der Waals surface area contributed by atoms with E-state index in [2.05, 4.69) is 22.4 Å². The van der Waals surface area contributed by atoms with Gasteiger partial charge >= 0.3 is 0 Å². The second-order valence-electron chi connectivity index (χ2n) is 7.25. The van der Waals surface area contributed by atoms with Gasteiger partial charge in [0.1, 0.15) is 0 Å². The normalized spacial score (nSPS) is 11.3. The van der Waals surface area contributed by atoms with E-state index in [0.29, 0.717) is 21.8 Å². The van der Waals surface area contributed by atoms with Gasteiger partial charge in [0.25, 0.3) is 5.56 Å². The van der Waals surface area contributed by atoms with Crippen LogP contribution in [-0.2, 0) is 12.3 Å². The van der Waals surface area contributed by atoms with Crippen molar-refractivity contribution in [3.8, 4) is 5.69 Å². The quantitative estimate of drug-likeness (QED) is 0.331. The second-order valence-corrected chi connectivity index (χ2v) is 8.20. The SMILES string of the molecule is CCCCn1nnnc1CSc1nc2ccccc2c(=O)n1-c1c(C)cccc1C. The van der Waals surface area contributed by atoms with Crippen LogP contribution >= 0.6 is 11.8 Å². The van der Waals surface area contributed by atoms with Crippen LogP contribution in [0.1, 0.15) is 36.7 Å². The monoisotopic (exact) mass is 420 g/mol. The van der Waals surface area contributed by atoms with Crippen molar-refractivity contribution in [2.45, 2.75) is 51.1 Å². The molecular formula is C22H24N6OS. The van der Waals surface area contributed by atoms with Gasteiger partial charge in [-0.05, 0) is 54.0 Å². The Kier molecular flexibility index (Phi) is 5.94. The maximum atomic E-state index is 13.5. The van der Waals surface area contributed by atoms with Gasteiger partial charge in [0.2, 0.25) is 0 Å². The molecule has 0 atom stereocenters. The van der Waals surface area contributed by atoms with Crippen molar-refractivity contribution in [2.75, 3.05) is 0 Å². The topological polar surface area (TPSA) is 78.5 Å². The van der Waals surface area contributed by atoms with E-state index in [0.717, 1.165) is 42.0 Å². The Labute approximate surface area is 179 Å². The Morgan fingerprint density at radius 2 is 1.80 bits per heavy atom. The number of rotatable bonds is 7. The molecule has 0 fully saturated rings. The lowest BCUT2D eigenvalue weighted by Gasteiger charge is -2.17. The molecule has 154 valence electrons. The first kappa shape index (κ1) is 20.3. The van der Waals surface area contributed by atoms with Crippen LogP contribution < -0.4 is 5.56 Å². The van der Waals surface area contributed by atoms with Gasteiger partial charge < -0.3 is 0 Å². The largest absolute Gasteiger partial charge is 0.268 e. The third-order valence-electron chi connectivity index (χ3n) is 5.07. The third kappa shape index (κ3) is 3.87. The summed E-state index contributed by atoms with van der Waals surface area (Å²) < 4.78 is 3.57. The number of aromatic nitrogens is 6. The molecule has 0 saturated heterocycles. The van der Waals surface area contributed by atoms with Crippen molar-refractivity contribution in [1.82, 2.24) is 29.8 Å². The number of thioether (sulfide) groups is 1. The minimum atomic E-state index is -0.0638. The van der Waals surface area contributed by atoms with E-state index in [9.17, 15) is 4.79 Å². The van der Waals surface area contributed by atoms with Crippen molar-refractivity contribution >= 4 is 22.7 Å². The van der Waals surface area contributed by atoms with E-state index in [1.807, 2.05) is 61.0 Å². The van der Waals surface area contributed by atoms with E-state index in [1.165, 1.54) is 11.8 Å². The van der Waals surface area contributed by atoms with Crippen LogP contribution in [0, 0.1) is 13.8 Å². The molecule has 0 radical (unpaired) electrons. The number of fused-ring (bicyclic) bond motifs is 1. The van der Waals surface area contributed by atoms with Crippen LogP contribution in [-0.4, -0.2) is 29.8 Å². The number of hydrogen-bond donors (Lipinski definition) is 0. The van der Waals surface area contributed by atoms with Crippen LogP contribution in [0.25, 0.3) is 16.6 Å². The highest BCUT2D eigenvalue weighted by atomic mass is 32.2. The highest BCUT2D eigenvalue weighted by Gasteiger charge is 2.17. The summed E-state index contributed by atoms with van der Waals surface area (Å²) in [5.41, 5.74) is 3.57. The van der Waals surface area contributed by atoms with Gasteiger partial charge in [0.05, 0.1) is 22.3 Å². The second kappa shape index (κ2) is 8.79. The van der Waals surface area contributed by atoms with E-state index in [1.54, 1.807) is 4.57 Å². The van der Waals surface area contributed by atoms with Crippen LogP contribution in [0.2, 0.25) is 0 Å². The summed E-state index contributed by atoms with van der Waals surface area (Å²) >= 11 is 1.48. The molecule has 30 heavy (non-hydrogen) atoms. The van der Waals surface area contributed by atoms with E-state index >= 15 is 0 Å². The molecule has 2 aromatic carbocycles. The predicted molar refractivity (Wildman–Crippen MR) is 119 cm³/mol. The van der Waals surface area contributed by atoms with Crippen LogP contribution in [0.5, 0.6) is 0 Å². The minimum Gasteiger partial charge on any atom is -0.268 e. The number of nitrogens with zero attached hydrogens (tertiary/aromatic N) is 6. The molecule has 0 unspecified atom stereocenters. The van der Waals surface area contributed by atoms with Crippen LogP contribution in [0.3, 0.4) is 0 Å². The Balaban J connectivity index is 1.81. The summed E-state index contributed by atoms with van der Waals surface area (Å²) in [7, 11) is 0. The molecule has 0 spiro atoms. The molecule has 4 rings (SSSR count). The number of hydrogen-bond acceptors (Lipinski definition) is 6. The first-order valence-corrected chi connectivity index (χ1v) is 11.0. The molecule has 4 aromatic rings. The standard InChI is InChI=1S/C22H24N6OS/c1-4-5-13-27-19(24-25-26-27)14-30-22-23-18-12-7-6-11-17(18)21(29)28(22)20-15(2)9-8-10-16(20)3/h6-12H,4-5,13-14H2,1-3H3. The van der Waals surface area contributed by atoms with Crippen LogP contribution in [0.4, 0.5) is 0 Å². The molecule has 0 aliphatic heterocycles. The summed E-state index contributed by atoms with van der Waals surface area (Å²) in [6, 6.07) is 13.5. The molecule has 0 saturated carbocycles. The van der Waals surface area contributed by atoms with Crippen molar-refractivity contribution in [3.05, 3.63) is 69.8 Å². The zero-order chi connectivity index (χ0) is 21.1. The van der Waals surface area contributed by atoms with Crippen molar-refractivity contribution < 1.29 is 0 Å². The lowest BCUT2D eigenvalue weighted by molar-refractivity contribution is 0.540. The number of benzene rings is 2. The summed E-state index contributed by atoms with van der Waals surface area (Å²) in [5, 5.41) is 13.3. The molecule has 7 nitrogen and oxygen atoms in total. The Morgan fingerprint density at radius 1 is 1.03 bits per heavy atom. The predicted octanol–water partition coefficient (Wildman–Crippen LogP) is 4.08. The molecule has 0 aliphatic rings. The van der Waals surface area contributed by atoms with Gasteiger partial charge in [-0.15, -0.1) is 5.10 Å². The average Bonchev–Trinajstić information content (AvgIpc) is 3.19. The molecule has 0 bridgehead atoms. The van der Waals surface area contributed by atoms with Crippen molar-refractivity contribution in [3.63, 3.8) is 0 Å². The van der Waals surface area contributed by atoms with Crippen molar-refractivity contribution in [1.29, 1.82) is 0 Å². The fourth-order valence-electron chi connectivity index (χ4n) is 3.50. The third-order valence-corrected chi connectivity index (χ3v) is 6.00. The number of tetrazole rings is 1. The van der Waals surface area contributed by atoms with Crippen LogP contribution in [0.15, 0.2) is 52.4 Å². The Morgan fingerprint density at radius 3 is 2.57 bits per heavy atom. The molecule has 8 heteroatoms. The van der Waals surface area contributed by atoms with Gasteiger partial charge in [0, 0.05) is 6.54 Å². The number of aryl methyl sites for hydroxylation is 3. The first-order chi connectivity index (χ1) is 14.6. The van der Waals surface area contributed by atoms with E-state index in [4.69, 9.17) is 4.98 Å². The summed E-state index contributed by atoms with van der Waals surface area (Å²) in [6.07, 6.45) is 2.09. The van der Waals surface area contributed by atoms with Gasteiger partial charge in [-0.3, -0.25) is 9.36 Å². The van der Waals surface area contributed by atoms with Gasteiger partial charge in [-0.1, -0.05) is 55.4 Å². The number of para-hydroxylation sites is 2. The fourth-order valence-corrected chi connectivity index (χ4v) is 4.43. The molecular weight excluding hydrogens is 396 g/mol. The average molecular weight is 421 g/mol. The molecule has 2 heterocycles. The summed E-state index contributed by atoms with van der Waals surface area (Å²) in [5.74, 6) is 1.32.